The largest absolute Gasteiger partial charge is 0.394 e. The van der Waals surface area contributed by atoms with Crippen LogP contribution in [0.3, 0.4) is 0 Å². The minimum Gasteiger partial charge on any atom is -0.394 e. The molecule has 7 nitrogen and oxygen atoms in total. The van der Waals surface area contributed by atoms with Gasteiger partial charge >= 0.3 is 0 Å². The van der Waals surface area contributed by atoms with Crippen LogP contribution in [-0.4, -0.2) is 64.3 Å². The standard InChI is InChI=1S/C24H49NO6/c1-2-3-4-5-6-7-8-9-10-11-12-13-14-15-16-17-18-30-25-24-23(29)22(28)21(27)20(19-26)31-24/h20-29H,2-19H2,1H3. The van der Waals surface area contributed by atoms with Crippen LogP contribution >= 0.6 is 0 Å². The molecule has 5 unspecified atom stereocenters. The zero-order chi connectivity index (χ0) is 22.7. The minimum absolute atomic E-state index is 0.442. The van der Waals surface area contributed by atoms with Gasteiger partial charge in [-0.05, 0) is 6.42 Å². The molecule has 1 fully saturated rings. The van der Waals surface area contributed by atoms with Gasteiger partial charge in [0.1, 0.15) is 24.4 Å². The van der Waals surface area contributed by atoms with E-state index in [1.807, 2.05) is 0 Å². The van der Waals surface area contributed by atoms with E-state index in [1.54, 1.807) is 0 Å². The van der Waals surface area contributed by atoms with Crippen molar-refractivity contribution in [1.82, 2.24) is 5.48 Å². The molecule has 1 rings (SSSR count). The maximum absolute atomic E-state index is 9.91. The van der Waals surface area contributed by atoms with E-state index >= 15 is 0 Å². The fourth-order valence-corrected chi connectivity index (χ4v) is 4.06. The van der Waals surface area contributed by atoms with Crippen LogP contribution in [0.15, 0.2) is 0 Å². The fraction of sp³-hybridized carbons (Fsp3) is 1.00. The van der Waals surface area contributed by atoms with Crippen LogP contribution in [0, 0.1) is 0 Å². The first-order valence-corrected chi connectivity index (χ1v) is 12.8. The van der Waals surface area contributed by atoms with Crippen molar-refractivity contribution in [3.05, 3.63) is 0 Å². The number of ether oxygens (including phenoxy) is 1. The van der Waals surface area contributed by atoms with Gasteiger partial charge in [-0.3, -0.25) is 4.84 Å². The highest BCUT2D eigenvalue weighted by molar-refractivity contribution is 4.90. The SMILES string of the molecule is CCCCCCCCCCCCCCCCCCONC1OC(CO)C(O)C(O)C1O. The monoisotopic (exact) mass is 447 g/mol. The third-order valence-corrected chi connectivity index (χ3v) is 6.19. The number of aliphatic hydroxyl groups excluding tert-OH is 4. The molecule has 1 saturated heterocycles. The van der Waals surface area contributed by atoms with Crippen molar-refractivity contribution in [2.75, 3.05) is 13.2 Å². The second-order valence-corrected chi connectivity index (χ2v) is 9.02. The third kappa shape index (κ3) is 13.1. The fourth-order valence-electron chi connectivity index (χ4n) is 4.06. The summed E-state index contributed by atoms with van der Waals surface area (Å²) in [6, 6.07) is 0. The smallest absolute Gasteiger partial charge is 0.159 e. The summed E-state index contributed by atoms with van der Waals surface area (Å²) in [4.78, 5) is 5.33. The maximum Gasteiger partial charge on any atom is 0.159 e. The Kier molecular flexibility index (Phi) is 17.8. The van der Waals surface area contributed by atoms with Gasteiger partial charge in [0.15, 0.2) is 6.23 Å². The molecule has 0 aromatic rings. The van der Waals surface area contributed by atoms with Gasteiger partial charge in [-0.15, -0.1) is 0 Å². The second kappa shape index (κ2) is 19.2. The molecule has 1 heterocycles. The van der Waals surface area contributed by atoms with E-state index in [0.717, 1.165) is 12.8 Å². The number of hydroxylamine groups is 1. The van der Waals surface area contributed by atoms with Crippen LogP contribution in [0.4, 0.5) is 0 Å². The Labute approximate surface area is 189 Å². The van der Waals surface area contributed by atoms with Gasteiger partial charge < -0.3 is 25.2 Å². The van der Waals surface area contributed by atoms with Gasteiger partial charge in [-0.1, -0.05) is 103 Å². The normalized spacial score (nSPS) is 26.4. The number of unbranched alkanes of at least 4 members (excludes halogenated alkanes) is 15. The minimum atomic E-state index is -1.39. The van der Waals surface area contributed by atoms with Crippen molar-refractivity contribution in [2.24, 2.45) is 0 Å². The van der Waals surface area contributed by atoms with E-state index in [9.17, 15) is 15.3 Å². The van der Waals surface area contributed by atoms with Crippen LogP contribution in [-0.2, 0) is 9.57 Å². The molecule has 1 aliphatic rings. The number of nitrogens with one attached hydrogen (secondary N) is 1. The molecule has 0 aliphatic carbocycles. The van der Waals surface area contributed by atoms with E-state index in [1.165, 1.54) is 89.9 Å². The number of aliphatic hydroxyl groups is 4. The van der Waals surface area contributed by atoms with E-state index in [-0.39, 0.29) is 0 Å². The molecule has 31 heavy (non-hydrogen) atoms. The van der Waals surface area contributed by atoms with E-state index in [0.29, 0.717) is 6.61 Å². The van der Waals surface area contributed by atoms with Crippen LogP contribution in [0.25, 0.3) is 0 Å². The molecular weight excluding hydrogens is 398 g/mol. The molecule has 1 aliphatic heterocycles. The van der Waals surface area contributed by atoms with E-state index in [4.69, 9.17) is 14.7 Å². The first-order chi connectivity index (χ1) is 15.1. The highest BCUT2D eigenvalue weighted by Crippen LogP contribution is 2.19. The molecule has 5 N–H and O–H groups in total. The van der Waals surface area contributed by atoms with Gasteiger partial charge in [-0.25, -0.2) is 0 Å². The average molecular weight is 448 g/mol. The average Bonchev–Trinajstić information content (AvgIpc) is 2.78. The number of hydrogen-bond donors (Lipinski definition) is 5. The molecule has 186 valence electrons. The molecule has 0 aromatic carbocycles. The van der Waals surface area contributed by atoms with E-state index in [2.05, 4.69) is 12.4 Å². The molecule has 0 bridgehead atoms. The Balaban J connectivity index is 1.84. The van der Waals surface area contributed by atoms with Crippen molar-refractivity contribution in [2.45, 2.75) is 140 Å². The summed E-state index contributed by atoms with van der Waals surface area (Å²) < 4.78 is 5.32. The second-order valence-electron chi connectivity index (χ2n) is 9.02. The Morgan fingerprint density at radius 2 is 1.10 bits per heavy atom. The first-order valence-electron chi connectivity index (χ1n) is 12.8. The van der Waals surface area contributed by atoms with Crippen LogP contribution < -0.4 is 5.48 Å². The summed E-state index contributed by atoms with van der Waals surface area (Å²) in [5, 5.41) is 38.5. The third-order valence-electron chi connectivity index (χ3n) is 6.19. The quantitative estimate of drug-likeness (QED) is 0.143. The van der Waals surface area contributed by atoms with Gasteiger partial charge in [0.05, 0.1) is 13.2 Å². The highest BCUT2D eigenvalue weighted by Gasteiger charge is 2.43. The Bertz CT molecular complexity index is 398. The predicted molar refractivity (Wildman–Crippen MR) is 122 cm³/mol. The Morgan fingerprint density at radius 3 is 1.55 bits per heavy atom. The van der Waals surface area contributed by atoms with Crippen molar-refractivity contribution in [3.63, 3.8) is 0 Å². The first kappa shape index (κ1) is 28.8. The summed E-state index contributed by atoms with van der Waals surface area (Å²) in [5.41, 5.74) is 2.58. The topological polar surface area (TPSA) is 111 Å². The van der Waals surface area contributed by atoms with Crippen molar-refractivity contribution >= 4 is 0 Å². The molecule has 0 spiro atoms. The molecule has 0 radical (unpaired) electrons. The van der Waals surface area contributed by atoms with Crippen molar-refractivity contribution < 1.29 is 30.0 Å². The van der Waals surface area contributed by atoms with Gasteiger partial charge in [0.25, 0.3) is 0 Å². The molecule has 0 amide bonds. The number of hydrogen-bond acceptors (Lipinski definition) is 7. The molecule has 5 atom stereocenters. The zero-order valence-electron chi connectivity index (χ0n) is 19.7. The Hall–Kier alpha value is -0.280. The highest BCUT2D eigenvalue weighted by atomic mass is 16.7. The van der Waals surface area contributed by atoms with Crippen LogP contribution in [0.5, 0.6) is 0 Å². The van der Waals surface area contributed by atoms with Crippen molar-refractivity contribution in [3.8, 4) is 0 Å². The van der Waals surface area contributed by atoms with Gasteiger partial charge in [0.2, 0.25) is 0 Å². The lowest BCUT2D eigenvalue weighted by Crippen LogP contribution is -2.62. The van der Waals surface area contributed by atoms with Crippen LogP contribution in [0.2, 0.25) is 0 Å². The Morgan fingerprint density at radius 1 is 0.645 bits per heavy atom. The van der Waals surface area contributed by atoms with Gasteiger partial charge in [-0.2, -0.15) is 5.48 Å². The lowest BCUT2D eigenvalue weighted by molar-refractivity contribution is -0.261. The van der Waals surface area contributed by atoms with E-state index < -0.39 is 37.3 Å². The summed E-state index contributed by atoms with van der Waals surface area (Å²) in [7, 11) is 0. The molecule has 0 aromatic heterocycles. The summed E-state index contributed by atoms with van der Waals surface area (Å²) in [6.45, 7) is 2.30. The van der Waals surface area contributed by atoms with Gasteiger partial charge in [0, 0.05) is 0 Å². The molecule has 7 heteroatoms. The lowest BCUT2D eigenvalue weighted by atomic mass is 9.99. The van der Waals surface area contributed by atoms with Crippen molar-refractivity contribution in [1.29, 1.82) is 0 Å². The summed E-state index contributed by atoms with van der Waals surface area (Å²) >= 11 is 0. The molecular formula is C24H49NO6. The predicted octanol–water partition coefficient (Wildman–Crippen LogP) is 3.57. The maximum atomic E-state index is 9.91. The summed E-state index contributed by atoms with van der Waals surface area (Å²) in [5.74, 6) is 0. The van der Waals surface area contributed by atoms with Crippen LogP contribution in [0.1, 0.15) is 110 Å². The zero-order valence-corrected chi connectivity index (χ0v) is 19.7. The summed E-state index contributed by atoms with van der Waals surface area (Å²) in [6.07, 6.45) is 15.1. The molecule has 0 saturated carbocycles. The number of rotatable bonds is 20. The lowest BCUT2D eigenvalue weighted by Gasteiger charge is -2.39.